The summed E-state index contributed by atoms with van der Waals surface area (Å²) < 4.78 is 0. The standard InChI is InChI=1S/C24H25N3O3/c28-22(25-12-3-4-13-25)18-8-5-7-17(15-18)16-27-20-10-2-1-9-19(20)23(29)26-14-6-11-21(26)24(27)30/h1-2,5,7-10,15,21H,3-4,6,11-14,16H2/t21-/m1/s1. The molecule has 1 atom stereocenters. The minimum atomic E-state index is -0.403. The van der Waals surface area contributed by atoms with E-state index in [0.717, 1.165) is 37.9 Å². The fraction of sp³-hybridized carbons (Fsp3) is 0.375. The van der Waals surface area contributed by atoms with Gasteiger partial charge in [0.1, 0.15) is 6.04 Å². The van der Waals surface area contributed by atoms with Crippen molar-refractivity contribution in [3.8, 4) is 0 Å². The molecule has 2 saturated heterocycles. The average Bonchev–Trinajstić information content (AvgIpc) is 3.47. The Morgan fingerprint density at radius 3 is 2.57 bits per heavy atom. The van der Waals surface area contributed by atoms with E-state index in [2.05, 4.69) is 0 Å². The monoisotopic (exact) mass is 403 g/mol. The largest absolute Gasteiger partial charge is 0.339 e. The second kappa shape index (κ2) is 7.59. The third-order valence-electron chi connectivity index (χ3n) is 6.40. The Kier molecular flexibility index (Phi) is 4.77. The van der Waals surface area contributed by atoms with Crippen molar-refractivity contribution in [1.82, 2.24) is 9.80 Å². The van der Waals surface area contributed by atoms with Gasteiger partial charge in [-0.25, -0.2) is 0 Å². The predicted molar refractivity (Wildman–Crippen MR) is 113 cm³/mol. The van der Waals surface area contributed by atoms with Crippen LogP contribution < -0.4 is 4.90 Å². The highest BCUT2D eigenvalue weighted by Crippen LogP contribution is 2.33. The summed E-state index contributed by atoms with van der Waals surface area (Å²) in [7, 11) is 0. The summed E-state index contributed by atoms with van der Waals surface area (Å²) in [4.78, 5) is 44.6. The lowest BCUT2D eigenvalue weighted by atomic mass is 10.1. The van der Waals surface area contributed by atoms with Gasteiger partial charge in [0.25, 0.3) is 11.8 Å². The highest BCUT2D eigenvalue weighted by Gasteiger charge is 2.41. The van der Waals surface area contributed by atoms with Gasteiger partial charge in [-0.15, -0.1) is 0 Å². The summed E-state index contributed by atoms with van der Waals surface area (Å²) in [6, 6.07) is 14.5. The van der Waals surface area contributed by atoms with Crippen LogP contribution in [0.4, 0.5) is 5.69 Å². The lowest BCUT2D eigenvalue weighted by molar-refractivity contribution is -0.122. The number of nitrogens with zero attached hydrogens (tertiary/aromatic N) is 3. The zero-order valence-electron chi connectivity index (χ0n) is 16.9. The van der Waals surface area contributed by atoms with E-state index in [-0.39, 0.29) is 17.7 Å². The minimum Gasteiger partial charge on any atom is -0.339 e. The summed E-state index contributed by atoms with van der Waals surface area (Å²) in [5, 5.41) is 0. The molecule has 3 aliphatic rings. The highest BCUT2D eigenvalue weighted by atomic mass is 16.2. The van der Waals surface area contributed by atoms with Crippen molar-refractivity contribution in [3.05, 3.63) is 65.2 Å². The number of amides is 3. The van der Waals surface area contributed by atoms with E-state index in [1.165, 1.54) is 0 Å². The number of anilines is 1. The number of hydrogen-bond donors (Lipinski definition) is 0. The Morgan fingerprint density at radius 2 is 1.73 bits per heavy atom. The molecular weight excluding hydrogens is 378 g/mol. The molecule has 0 N–H and O–H groups in total. The van der Waals surface area contributed by atoms with Crippen molar-refractivity contribution in [2.45, 2.75) is 38.3 Å². The zero-order valence-corrected chi connectivity index (χ0v) is 16.9. The van der Waals surface area contributed by atoms with Gasteiger partial charge in [0, 0.05) is 25.2 Å². The van der Waals surface area contributed by atoms with Crippen molar-refractivity contribution < 1.29 is 14.4 Å². The van der Waals surface area contributed by atoms with Crippen LogP contribution in [0.25, 0.3) is 0 Å². The van der Waals surface area contributed by atoms with Crippen molar-refractivity contribution >= 4 is 23.4 Å². The minimum absolute atomic E-state index is 0.0397. The smallest absolute Gasteiger partial charge is 0.256 e. The summed E-state index contributed by atoms with van der Waals surface area (Å²) in [5.41, 5.74) is 2.77. The topological polar surface area (TPSA) is 60.9 Å². The lowest BCUT2D eigenvalue weighted by Crippen LogP contribution is -2.44. The second-order valence-corrected chi connectivity index (χ2v) is 8.30. The maximum atomic E-state index is 13.4. The molecule has 2 aromatic carbocycles. The Morgan fingerprint density at radius 1 is 0.933 bits per heavy atom. The molecule has 5 rings (SSSR count). The SMILES string of the molecule is O=C(c1cccc(CN2C(=O)[C@H]3CCCN3C(=O)c3ccccc32)c1)N1CCCC1. The van der Waals surface area contributed by atoms with E-state index in [1.54, 1.807) is 15.9 Å². The molecule has 0 radical (unpaired) electrons. The van der Waals surface area contributed by atoms with Gasteiger partial charge in [0.05, 0.1) is 17.8 Å². The highest BCUT2D eigenvalue weighted by molar-refractivity contribution is 6.11. The van der Waals surface area contributed by atoms with Crippen LogP contribution in [0.5, 0.6) is 0 Å². The first-order valence-electron chi connectivity index (χ1n) is 10.7. The lowest BCUT2D eigenvalue weighted by Gasteiger charge is -2.26. The van der Waals surface area contributed by atoms with Gasteiger partial charge in [-0.3, -0.25) is 14.4 Å². The second-order valence-electron chi connectivity index (χ2n) is 8.30. The number of para-hydroxylation sites is 1. The molecule has 3 amide bonds. The molecule has 154 valence electrons. The number of hydrogen-bond acceptors (Lipinski definition) is 3. The number of benzene rings is 2. The molecule has 0 spiro atoms. The Labute approximate surface area is 176 Å². The van der Waals surface area contributed by atoms with Crippen LogP contribution in [0.1, 0.15) is 52.0 Å². The molecule has 3 heterocycles. The maximum absolute atomic E-state index is 13.4. The van der Waals surface area contributed by atoms with Gasteiger partial charge in [-0.05, 0) is 55.5 Å². The van der Waals surface area contributed by atoms with Crippen LogP contribution in [-0.2, 0) is 11.3 Å². The first-order chi connectivity index (χ1) is 14.6. The quantitative estimate of drug-likeness (QED) is 0.791. The summed E-state index contributed by atoms with van der Waals surface area (Å²) in [6.07, 6.45) is 3.65. The maximum Gasteiger partial charge on any atom is 0.256 e. The van der Waals surface area contributed by atoms with Crippen molar-refractivity contribution in [3.63, 3.8) is 0 Å². The Bertz CT molecular complexity index is 1010. The number of carbonyl (C=O) groups excluding carboxylic acids is 3. The molecule has 6 nitrogen and oxygen atoms in total. The molecule has 0 bridgehead atoms. The number of fused-ring (bicyclic) bond motifs is 2. The van der Waals surface area contributed by atoms with Gasteiger partial charge >= 0.3 is 0 Å². The van der Waals surface area contributed by atoms with Gasteiger partial charge in [0.2, 0.25) is 5.91 Å². The molecule has 2 fully saturated rings. The number of rotatable bonds is 3. The first kappa shape index (κ1) is 18.9. The van der Waals surface area contributed by atoms with Crippen molar-refractivity contribution in [2.75, 3.05) is 24.5 Å². The summed E-state index contributed by atoms with van der Waals surface area (Å²) >= 11 is 0. The molecule has 2 aromatic rings. The molecule has 0 saturated carbocycles. The third kappa shape index (κ3) is 3.16. The van der Waals surface area contributed by atoms with E-state index in [1.807, 2.05) is 47.4 Å². The third-order valence-corrected chi connectivity index (χ3v) is 6.40. The van der Waals surface area contributed by atoms with E-state index in [4.69, 9.17) is 0 Å². The summed E-state index contributed by atoms with van der Waals surface area (Å²) in [5.74, 6) is -0.0573. The van der Waals surface area contributed by atoms with Crippen LogP contribution in [0.3, 0.4) is 0 Å². The Hall–Kier alpha value is -3.15. The fourth-order valence-corrected chi connectivity index (χ4v) is 4.86. The molecule has 30 heavy (non-hydrogen) atoms. The van der Waals surface area contributed by atoms with E-state index in [9.17, 15) is 14.4 Å². The zero-order chi connectivity index (χ0) is 20.7. The van der Waals surface area contributed by atoms with Crippen LogP contribution in [-0.4, -0.2) is 53.2 Å². The first-order valence-corrected chi connectivity index (χ1v) is 10.7. The summed E-state index contributed by atoms with van der Waals surface area (Å²) in [6.45, 7) is 2.58. The van der Waals surface area contributed by atoms with E-state index in [0.29, 0.717) is 36.3 Å². The molecule has 0 aromatic heterocycles. The van der Waals surface area contributed by atoms with Gasteiger partial charge < -0.3 is 14.7 Å². The molecular formula is C24H25N3O3. The molecule has 0 unspecified atom stereocenters. The Balaban J connectivity index is 1.48. The van der Waals surface area contributed by atoms with Gasteiger partial charge in [0.15, 0.2) is 0 Å². The molecule has 0 aliphatic carbocycles. The van der Waals surface area contributed by atoms with Crippen LogP contribution in [0, 0.1) is 0 Å². The van der Waals surface area contributed by atoms with Crippen molar-refractivity contribution in [1.29, 1.82) is 0 Å². The average molecular weight is 403 g/mol. The predicted octanol–water partition coefficient (Wildman–Crippen LogP) is 3.07. The van der Waals surface area contributed by atoms with Gasteiger partial charge in [-0.2, -0.15) is 0 Å². The normalized spacial score (nSPS) is 20.9. The van der Waals surface area contributed by atoms with Crippen molar-refractivity contribution in [2.24, 2.45) is 0 Å². The van der Waals surface area contributed by atoms with Crippen LogP contribution in [0.2, 0.25) is 0 Å². The number of likely N-dealkylation sites (tertiary alicyclic amines) is 1. The fourth-order valence-electron chi connectivity index (χ4n) is 4.86. The number of carbonyl (C=O) groups is 3. The van der Waals surface area contributed by atoms with E-state index >= 15 is 0 Å². The van der Waals surface area contributed by atoms with E-state index < -0.39 is 6.04 Å². The molecule has 6 heteroatoms. The molecule has 3 aliphatic heterocycles. The van der Waals surface area contributed by atoms with Gasteiger partial charge in [-0.1, -0.05) is 24.3 Å². The van der Waals surface area contributed by atoms with Crippen LogP contribution in [0.15, 0.2) is 48.5 Å². The van der Waals surface area contributed by atoms with Crippen LogP contribution >= 0.6 is 0 Å².